The van der Waals surface area contributed by atoms with Crippen LogP contribution in [0, 0.1) is 5.82 Å². The third-order valence-corrected chi connectivity index (χ3v) is 4.40. The molecule has 0 aliphatic rings. The van der Waals surface area contributed by atoms with Gasteiger partial charge in [-0.05, 0) is 61.4 Å². The highest BCUT2D eigenvalue weighted by atomic mass is 19.1. The SMILES string of the molecule is CCC(C)N(Cc1cc(N)ccc1N(C)C)C(=O)c1ccc(F)cc1. The van der Waals surface area contributed by atoms with E-state index < -0.39 is 0 Å². The van der Waals surface area contributed by atoms with E-state index in [1.807, 2.05) is 55.9 Å². The standard InChI is InChI=1S/C20H26FN3O/c1-5-14(2)24(20(25)15-6-8-17(21)9-7-15)13-16-12-18(22)10-11-19(16)23(3)4/h6-12,14H,5,13,22H2,1-4H3. The van der Waals surface area contributed by atoms with Crippen molar-refractivity contribution >= 4 is 17.3 Å². The average Bonchev–Trinajstić information content (AvgIpc) is 2.59. The van der Waals surface area contributed by atoms with Crippen LogP contribution in [0.25, 0.3) is 0 Å². The second-order valence-electron chi connectivity index (χ2n) is 6.48. The molecule has 0 saturated carbocycles. The second-order valence-corrected chi connectivity index (χ2v) is 6.48. The molecular weight excluding hydrogens is 317 g/mol. The summed E-state index contributed by atoms with van der Waals surface area (Å²) in [6.45, 7) is 4.51. The number of anilines is 2. The van der Waals surface area contributed by atoms with E-state index in [1.54, 1.807) is 0 Å². The minimum atomic E-state index is -0.350. The zero-order valence-electron chi connectivity index (χ0n) is 15.3. The molecule has 5 heteroatoms. The number of carbonyl (C=O) groups is 1. The van der Waals surface area contributed by atoms with Crippen molar-refractivity contribution in [3.8, 4) is 0 Å². The van der Waals surface area contributed by atoms with Crippen LogP contribution in [0.3, 0.4) is 0 Å². The van der Waals surface area contributed by atoms with Gasteiger partial charge in [-0.1, -0.05) is 6.92 Å². The van der Waals surface area contributed by atoms with Crippen LogP contribution in [-0.4, -0.2) is 30.9 Å². The Hall–Kier alpha value is -2.56. The second kappa shape index (κ2) is 8.01. The van der Waals surface area contributed by atoms with Gasteiger partial charge in [-0.2, -0.15) is 0 Å². The Morgan fingerprint density at radius 2 is 1.80 bits per heavy atom. The van der Waals surface area contributed by atoms with Crippen LogP contribution in [-0.2, 0) is 6.54 Å². The van der Waals surface area contributed by atoms with Crippen molar-refractivity contribution < 1.29 is 9.18 Å². The highest BCUT2D eigenvalue weighted by Gasteiger charge is 2.22. The molecule has 0 heterocycles. The Morgan fingerprint density at radius 3 is 2.36 bits per heavy atom. The molecule has 0 spiro atoms. The molecule has 4 nitrogen and oxygen atoms in total. The van der Waals surface area contributed by atoms with Gasteiger partial charge in [0.05, 0.1) is 0 Å². The van der Waals surface area contributed by atoms with Gasteiger partial charge in [-0.15, -0.1) is 0 Å². The molecule has 2 aromatic carbocycles. The molecule has 0 bridgehead atoms. The molecular formula is C20H26FN3O. The van der Waals surface area contributed by atoms with E-state index in [-0.39, 0.29) is 17.8 Å². The summed E-state index contributed by atoms with van der Waals surface area (Å²) in [5.41, 5.74) is 9.11. The molecule has 1 unspecified atom stereocenters. The molecule has 0 aliphatic carbocycles. The Labute approximate surface area is 149 Å². The smallest absolute Gasteiger partial charge is 0.254 e. The average molecular weight is 343 g/mol. The van der Waals surface area contributed by atoms with Crippen LogP contribution in [0.15, 0.2) is 42.5 Å². The highest BCUT2D eigenvalue weighted by Crippen LogP contribution is 2.25. The van der Waals surface area contributed by atoms with Crippen LogP contribution in [0.4, 0.5) is 15.8 Å². The number of rotatable bonds is 6. The summed E-state index contributed by atoms with van der Waals surface area (Å²) >= 11 is 0. The maximum Gasteiger partial charge on any atom is 0.254 e. The van der Waals surface area contributed by atoms with Crippen LogP contribution in [0.2, 0.25) is 0 Å². The number of nitrogens with two attached hydrogens (primary N) is 1. The Kier molecular flexibility index (Phi) is 6.02. The van der Waals surface area contributed by atoms with Gasteiger partial charge in [-0.3, -0.25) is 4.79 Å². The van der Waals surface area contributed by atoms with Crippen LogP contribution < -0.4 is 10.6 Å². The lowest BCUT2D eigenvalue weighted by molar-refractivity contribution is 0.0672. The Bertz CT molecular complexity index is 728. The maximum atomic E-state index is 13.2. The van der Waals surface area contributed by atoms with Gasteiger partial charge >= 0.3 is 0 Å². The number of hydrogen-bond donors (Lipinski definition) is 1. The van der Waals surface area contributed by atoms with Crippen molar-refractivity contribution in [2.24, 2.45) is 0 Å². The number of halogens is 1. The largest absolute Gasteiger partial charge is 0.399 e. The zero-order valence-corrected chi connectivity index (χ0v) is 15.3. The number of amides is 1. The Balaban J connectivity index is 2.37. The first-order chi connectivity index (χ1) is 11.8. The molecule has 0 saturated heterocycles. The fourth-order valence-electron chi connectivity index (χ4n) is 2.76. The normalized spacial score (nSPS) is 11.9. The first kappa shape index (κ1) is 18.8. The summed E-state index contributed by atoms with van der Waals surface area (Å²) in [4.78, 5) is 16.8. The molecule has 1 atom stereocenters. The van der Waals surface area contributed by atoms with Crippen molar-refractivity contribution in [2.75, 3.05) is 24.7 Å². The molecule has 2 aromatic rings. The van der Waals surface area contributed by atoms with Gasteiger partial charge in [0, 0.05) is 43.6 Å². The monoisotopic (exact) mass is 343 g/mol. The van der Waals surface area contributed by atoms with E-state index in [0.717, 1.165) is 17.7 Å². The summed E-state index contributed by atoms with van der Waals surface area (Å²) in [6, 6.07) is 11.5. The fraction of sp³-hybridized carbons (Fsp3) is 0.350. The summed E-state index contributed by atoms with van der Waals surface area (Å²) in [5, 5.41) is 0. The lowest BCUT2D eigenvalue weighted by Gasteiger charge is -2.30. The van der Waals surface area contributed by atoms with E-state index >= 15 is 0 Å². The summed E-state index contributed by atoms with van der Waals surface area (Å²) in [7, 11) is 3.93. The minimum Gasteiger partial charge on any atom is -0.399 e. The van der Waals surface area contributed by atoms with Crippen LogP contribution in [0.1, 0.15) is 36.2 Å². The third-order valence-electron chi connectivity index (χ3n) is 4.40. The van der Waals surface area contributed by atoms with E-state index in [0.29, 0.717) is 17.8 Å². The van der Waals surface area contributed by atoms with E-state index in [2.05, 4.69) is 0 Å². The van der Waals surface area contributed by atoms with Crippen molar-refractivity contribution in [3.05, 3.63) is 59.4 Å². The van der Waals surface area contributed by atoms with Crippen molar-refractivity contribution in [1.82, 2.24) is 4.90 Å². The van der Waals surface area contributed by atoms with Crippen LogP contribution >= 0.6 is 0 Å². The predicted molar refractivity (Wildman–Crippen MR) is 101 cm³/mol. The lowest BCUT2D eigenvalue weighted by atomic mass is 10.1. The fourth-order valence-corrected chi connectivity index (χ4v) is 2.76. The predicted octanol–water partition coefficient (Wildman–Crippen LogP) is 3.91. The van der Waals surface area contributed by atoms with E-state index in [1.165, 1.54) is 24.3 Å². The topological polar surface area (TPSA) is 49.6 Å². The number of nitrogen functional groups attached to an aromatic ring is 1. The van der Waals surface area contributed by atoms with Crippen molar-refractivity contribution in [2.45, 2.75) is 32.9 Å². The highest BCUT2D eigenvalue weighted by molar-refractivity contribution is 5.94. The summed E-state index contributed by atoms with van der Waals surface area (Å²) in [6.07, 6.45) is 0.826. The first-order valence-corrected chi connectivity index (χ1v) is 8.45. The quantitative estimate of drug-likeness (QED) is 0.809. The van der Waals surface area contributed by atoms with Gasteiger partial charge in [-0.25, -0.2) is 4.39 Å². The zero-order chi connectivity index (χ0) is 18.6. The Morgan fingerprint density at radius 1 is 1.16 bits per heavy atom. The van der Waals surface area contributed by atoms with E-state index in [9.17, 15) is 9.18 Å². The molecule has 134 valence electrons. The number of hydrogen-bond acceptors (Lipinski definition) is 3. The minimum absolute atomic E-state index is 0.0500. The number of nitrogens with zero attached hydrogens (tertiary/aromatic N) is 2. The molecule has 0 fully saturated rings. The number of benzene rings is 2. The molecule has 0 aliphatic heterocycles. The molecule has 2 rings (SSSR count). The van der Waals surface area contributed by atoms with E-state index in [4.69, 9.17) is 5.73 Å². The van der Waals surface area contributed by atoms with Crippen LogP contribution in [0.5, 0.6) is 0 Å². The molecule has 1 amide bonds. The van der Waals surface area contributed by atoms with Gasteiger partial charge in [0.15, 0.2) is 0 Å². The summed E-state index contributed by atoms with van der Waals surface area (Å²) < 4.78 is 13.2. The van der Waals surface area contributed by atoms with Crippen molar-refractivity contribution in [1.29, 1.82) is 0 Å². The molecule has 0 aromatic heterocycles. The first-order valence-electron chi connectivity index (χ1n) is 8.45. The van der Waals surface area contributed by atoms with Gasteiger partial charge in [0.1, 0.15) is 5.82 Å². The van der Waals surface area contributed by atoms with Gasteiger partial charge in [0.25, 0.3) is 5.91 Å². The third kappa shape index (κ3) is 4.50. The lowest BCUT2D eigenvalue weighted by Crippen LogP contribution is -2.38. The molecule has 2 N–H and O–H groups in total. The van der Waals surface area contributed by atoms with Gasteiger partial charge < -0.3 is 15.5 Å². The van der Waals surface area contributed by atoms with Gasteiger partial charge in [0.2, 0.25) is 0 Å². The molecule has 0 radical (unpaired) electrons. The molecule has 25 heavy (non-hydrogen) atoms. The summed E-state index contributed by atoms with van der Waals surface area (Å²) in [5.74, 6) is -0.459. The maximum absolute atomic E-state index is 13.2. The van der Waals surface area contributed by atoms with Crippen molar-refractivity contribution in [3.63, 3.8) is 0 Å². The number of carbonyl (C=O) groups excluding carboxylic acids is 1.